The van der Waals surface area contributed by atoms with Crippen LogP contribution in [0.25, 0.3) is 0 Å². The lowest BCUT2D eigenvalue weighted by Crippen LogP contribution is -2.62. The topological polar surface area (TPSA) is 83.1 Å². The van der Waals surface area contributed by atoms with Gasteiger partial charge in [-0.15, -0.1) is 23.5 Å². The molecule has 2 unspecified atom stereocenters. The SMILES string of the molecule is O=C1CN(C2(OOC3(N4CCNC(=O)C4)CCCCS3)CCCCS2)CCN1. The molecule has 0 aliphatic carbocycles. The van der Waals surface area contributed by atoms with Crippen LogP contribution in [0.5, 0.6) is 0 Å². The highest BCUT2D eigenvalue weighted by molar-refractivity contribution is 8.00. The van der Waals surface area contributed by atoms with E-state index in [-0.39, 0.29) is 11.8 Å². The molecule has 4 rings (SSSR count). The average Bonchev–Trinajstić information content (AvgIpc) is 2.74. The molecular formula is C18H30N4O4S2. The summed E-state index contributed by atoms with van der Waals surface area (Å²) in [6.45, 7) is 3.46. The van der Waals surface area contributed by atoms with E-state index in [9.17, 15) is 9.59 Å². The Morgan fingerprint density at radius 3 is 1.57 bits per heavy atom. The Labute approximate surface area is 174 Å². The van der Waals surface area contributed by atoms with E-state index in [1.807, 2.05) is 0 Å². The summed E-state index contributed by atoms with van der Waals surface area (Å²) in [7, 11) is 0. The third kappa shape index (κ3) is 4.46. The van der Waals surface area contributed by atoms with Crippen LogP contribution in [0, 0.1) is 0 Å². The molecule has 0 saturated carbocycles. The molecule has 0 radical (unpaired) electrons. The number of nitrogens with one attached hydrogen (secondary N) is 2. The van der Waals surface area contributed by atoms with Crippen LogP contribution in [0.2, 0.25) is 0 Å². The van der Waals surface area contributed by atoms with Gasteiger partial charge < -0.3 is 10.6 Å². The summed E-state index contributed by atoms with van der Waals surface area (Å²) in [5, 5.41) is 4.54. The first-order valence-electron chi connectivity index (χ1n) is 10.3. The zero-order chi connectivity index (χ0) is 19.5. The Balaban J connectivity index is 1.51. The van der Waals surface area contributed by atoms with Gasteiger partial charge in [-0.25, -0.2) is 0 Å². The van der Waals surface area contributed by atoms with Gasteiger partial charge in [0, 0.05) is 39.0 Å². The molecule has 158 valence electrons. The van der Waals surface area contributed by atoms with Crippen LogP contribution in [0.4, 0.5) is 0 Å². The molecule has 28 heavy (non-hydrogen) atoms. The Bertz CT molecular complexity index is 532. The third-order valence-corrected chi connectivity index (χ3v) is 8.72. The minimum Gasteiger partial charge on any atom is -0.354 e. The van der Waals surface area contributed by atoms with E-state index in [0.29, 0.717) is 26.2 Å². The van der Waals surface area contributed by atoms with Gasteiger partial charge in [-0.3, -0.25) is 19.4 Å². The third-order valence-electron chi connectivity index (χ3n) is 5.77. The van der Waals surface area contributed by atoms with E-state index >= 15 is 0 Å². The van der Waals surface area contributed by atoms with Crippen LogP contribution in [0.1, 0.15) is 38.5 Å². The average molecular weight is 431 g/mol. The van der Waals surface area contributed by atoms with Gasteiger partial charge in [0.2, 0.25) is 21.9 Å². The van der Waals surface area contributed by atoms with E-state index in [0.717, 1.165) is 63.1 Å². The van der Waals surface area contributed by atoms with Crippen LogP contribution >= 0.6 is 23.5 Å². The predicted molar refractivity (Wildman–Crippen MR) is 109 cm³/mol. The van der Waals surface area contributed by atoms with Crippen molar-refractivity contribution in [1.82, 2.24) is 20.4 Å². The minimum absolute atomic E-state index is 0.0369. The number of rotatable bonds is 5. The summed E-state index contributed by atoms with van der Waals surface area (Å²) < 4.78 is 0. The number of hydrogen-bond acceptors (Lipinski definition) is 8. The van der Waals surface area contributed by atoms with Crippen molar-refractivity contribution in [2.75, 3.05) is 50.8 Å². The van der Waals surface area contributed by atoms with Crippen molar-refractivity contribution in [3.8, 4) is 0 Å². The lowest BCUT2D eigenvalue weighted by Gasteiger charge is -2.49. The minimum atomic E-state index is -0.626. The highest BCUT2D eigenvalue weighted by Crippen LogP contribution is 2.46. The number of carbonyl (C=O) groups is 2. The molecule has 2 amide bonds. The number of amides is 2. The van der Waals surface area contributed by atoms with Crippen molar-refractivity contribution in [3.63, 3.8) is 0 Å². The van der Waals surface area contributed by atoms with Crippen LogP contribution in [0.3, 0.4) is 0 Å². The van der Waals surface area contributed by atoms with Gasteiger partial charge in [-0.2, -0.15) is 9.78 Å². The van der Waals surface area contributed by atoms with Gasteiger partial charge in [-0.1, -0.05) is 0 Å². The van der Waals surface area contributed by atoms with Gasteiger partial charge >= 0.3 is 0 Å². The standard InChI is InChI=1S/C18H30N4O4S2/c23-15-13-21(9-7-19-15)17(5-1-3-11-27-17)25-26-18(6-2-4-12-28-18)22-10-8-20-16(24)14-22/h1-14H2,(H,19,23)(H,20,24). The molecule has 4 heterocycles. The maximum absolute atomic E-state index is 12.0. The van der Waals surface area contributed by atoms with Gasteiger partial charge in [0.05, 0.1) is 13.1 Å². The fourth-order valence-electron chi connectivity index (χ4n) is 4.23. The van der Waals surface area contributed by atoms with Crippen LogP contribution in [-0.4, -0.2) is 82.5 Å². The molecule has 10 heteroatoms. The van der Waals surface area contributed by atoms with Crippen LogP contribution < -0.4 is 10.6 Å². The second-order valence-corrected chi connectivity index (χ2v) is 10.4. The Hall–Kier alpha value is -0.520. The number of thioether (sulfide) groups is 2. The first-order chi connectivity index (χ1) is 13.6. The second-order valence-electron chi connectivity index (χ2n) is 7.75. The molecule has 0 bridgehead atoms. The van der Waals surface area contributed by atoms with Crippen LogP contribution in [-0.2, 0) is 19.4 Å². The Kier molecular flexibility index (Phi) is 6.74. The number of carbonyl (C=O) groups excluding carboxylic acids is 2. The highest BCUT2D eigenvalue weighted by atomic mass is 32.2. The first kappa shape index (κ1) is 20.7. The van der Waals surface area contributed by atoms with Crippen molar-refractivity contribution >= 4 is 35.3 Å². The van der Waals surface area contributed by atoms with E-state index in [4.69, 9.17) is 9.78 Å². The summed E-state index contributed by atoms with van der Waals surface area (Å²) in [6.07, 6.45) is 6.10. The lowest BCUT2D eigenvalue weighted by atomic mass is 10.2. The lowest BCUT2D eigenvalue weighted by molar-refractivity contribution is -0.420. The van der Waals surface area contributed by atoms with E-state index in [1.54, 1.807) is 23.5 Å². The molecule has 0 aromatic carbocycles. The molecule has 0 aromatic heterocycles. The number of hydrogen-bond donors (Lipinski definition) is 2. The normalized spacial score (nSPS) is 36.0. The Morgan fingerprint density at radius 1 is 0.750 bits per heavy atom. The fourth-order valence-corrected chi connectivity index (χ4v) is 6.99. The predicted octanol–water partition coefficient (Wildman–Crippen LogP) is 0.940. The summed E-state index contributed by atoms with van der Waals surface area (Å²) in [6, 6.07) is 0. The molecule has 0 aromatic rings. The molecule has 8 nitrogen and oxygen atoms in total. The molecule has 4 fully saturated rings. The van der Waals surface area contributed by atoms with Crippen molar-refractivity contribution in [3.05, 3.63) is 0 Å². The molecule has 4 aliphatic heterocycles. The van der Waals surface area contributed by atoms with E-state index < -0.39 is 10.1 Å². The molecule has 2 N–H and O–H groups in total. The van der Waals surface area contributed by atoms with Crippen molar-refractivity contribution < 1.29 is 19.4 Å². The van der Waals surface area contributed by atoms with Crippen molar-refractivity contribution in [2.24, 2.45) is 0 Å². The van der Waals surface area contributed by atoms with E-state index in [2.05, 4.69) is 20.4 Å². The smallest absolute Gasteiger partial charge is 0.234 e. The zero-order valence-electron chi connectivity index (χ0n) is 16.2. The van der Waals surface area contributed by atoms with E-state index in [1.165, 1.54) is 0 Å². The fraction of sp³-hybridized carbons (Fsp3) is 0.889. The maximum atomic E-state index is 12.0. The Morgan fingerprint density at radius 2 is 1.21 bits per heavy atom. The summed E-state index contributed by atoms with van der Waals surface area (Å²) in [5.41, 5.74) is 0. The maximum Gasteiger partial charge on any atom is 0.234 e. The van der Waals surface area contributed by atoms with Gasteiger partial charge in [0.15, 0.2) is 0 Å². The summed E-state index contributed by atoms with van der Waals surface area (Å²) >= 11 is 3.49. The van der Waals surface area contributed by atoms with Crippen LogP contribution in [0.15, 0.2) is 0 Å². The molecule has 2 atom stereocenters. The van der Waals surface area contributed by atoms with Crippen molar-refractivity contribution in [1.29, 1.82) is 0 Å². The highest BCUT2D eigenvalue weighted by Gasteiger charge is 2.49. The van der Waals surface area contributed by atoms with Gasteiger partial charge in [0.1, 0.15) is 0 Å². The number of piperazine rings is 2. The molecule has 4 aliphatic rings. The second kappa shape index (κ2) is 9.09. The largest absolute Gasteiger partial charge is 0.354 e. The monoisotopic (exact) mass is 430 g/mol. The summed E-state index contributed by atoms with van der Waals surface area (Å²) in [5.74, 6) is 2.06. The summed E-state index contributed by atoms with van der Waals surface area (Å²) in [4.78, 5) is 40.8. The number of nitrogens with zero attached hydrogens (tertiary/aromatic N) is 2. The molecular weight excluding hydrogens is 400 g/mol. The van der Waals surface area contributed by atoms with Crippen molar-refractivity contribution in [2.45, 2.75) is 48.6 Å². The quantitative estimate of drug-likeness (QED) is 0.493. The zero-order valence-corrected chi connectivity index (χ0v) is 17.9. The molecule has 4 saturated heterocycles. The van der Waals surface area contributed by atoms with Gasteiger partial charge in [0.25, 0.3) is 0 Å². The first-order valence-corrected chi connectivity index (χ1v) is 12.3. The van der Waals surface area contributed by atoms with Gasteiger partial charge in [-0.05, 0) is 37.2 Å². The molecule has 0 spiro atoms.